The van der Waals surface area contributed by atoms with Crippen LogP contribution in [-0.4, -0.2) is 39.1 Å². The smallest absolute Gasteiger partial charge is 0.197 e. The third kappa shape index (κ3) is 2.93. The summed E-state index contributed by atoms with van der Waals surface area (Å²) in [6.07, 6.45) is 0. The summed E-state index contributed by atoms with van der Waals surface area (Å²) < 4.78 is 8.76. The molecule has 0 atom stereocenters. The zero-order chi connectivity index (χ0) is 13.3. The van der Waals surface area contributed by atoms with Gasteiger partial charge in [-0.3, -0.25) is 0 Å². The van der Waals surface area contributed by atoms with Gasteiger partial charge in [-0.05, 0) is 30.0 Å². The normalized spacial score (nSPS) is 11.4. The van der Waals surface area contributed by atoms with Crippen molar-refractivity contribution in [3.8, 4) is 0 Å². The molecule has 0 fully saturated rings. The first-order valence-electron chi connectivity index (χ1n) is 5.55. The summed E-state index contributed by atoms with van der Waals surface area (Å²) in [6, 6.07) is 1.93. The van der Waals surface area contributed by atoms with E-state index in [4.69, 9.17) is 16.6 Å². The Morgan fingerprint density at radius 3 is 2.72 bits per heavy atom. The van der Waals surface area contributed by atoms with E-state index in [1.807, 2.05) is 18.5 Å². The van der Waals surface area contributed by atoms with Crippen molar-refractivity contribution in [1.82, 2.24) is 4.90 Å². The lowest BCUT2D eigenvalue weighted by molar-refractivity contribution is 0.412. The predicted molar refractivity (Wildman–Crippen MR) is 84.4 cm³/mol. The second-order valence-electron chi connectivity index (χ2n) is 4.42. The summed E-state index contributed by atoms with van der Waals surface area (Å²) in [6.45, 7) is 1.88. The van der Waals surface area contributed by atoms with Crippen molar-refractivity contribution in [2.24, 2.45) is 0 Å². The minimum Gasteiger partial charge on any atom is -0.438 e. The highest BCUT2D eigenvalue weighted by Gasteiger charge is 2.11. The van der Waals surface area contributed by atoms with Crippen LogP contribution in [0, 0.1) is 4.51 Å². The third-order valence-corrected chi connectivity index (χ3v) is 4.99. The average molecular weight is 347 g/mol. The molecular weight excluding hydrogens is 332 g/mol. The van der Waals surface area contributed by atoms with E-state index in [0.717, 1.165) is 38.2 Å². The lowest BCUT2D eigenvalue weighted by Crippen LogP contribution is -2.28. The van der Waals surface area contributed by atoms with Crippen LogP contribution in [0.2, 0.25) is 0 Å². The molecule has 2 aromatic rings. The molecule has 0 N–H and O–H groups in total. The largest absolute Gasteiger partial charge is 0.438 e. The van der Waals surface area contributed by atoms with Crippen molar-refractivity contribution >= 4 is 55.7 Å². The molecule has 6 heteroatoms. The first-order valence-corrected chi connectivity index (χ1v) is 7.64. The molecule has 0 spiro atoms. The highest BCUT2D eigenvalue weighted by Crippen LogP contribution is 2.34. The van der Waals surface area contributed by atoms with Crippen molar-refractivity contribution in [2.75, 3.05) is 39.1 Å². The van der Waals surface area contributed by atoms with Gasteiger partial charge in [-0.25, -0.2) is 0 Å². The Kier molecular flexibility index (Phi) is 4.42. The van der Waals surface area contributed by atoms with Gasteiger partial charge in [0.05, 0.1) is 13.7 Å². The number of nitrogens with zero attached hydrogens (tertiary/aromatic N) is 2. The van der Waals surface area contributed by atoms with Gasteiger partial charge in [0.25, 0.3) is 0 Å². The van der Waals surface area contributed by atoms with Crippen LogP contribution >= 0.6 is 39.5 Å². The summed E-state index contributed by atoms with van der Waals surface area (Å²) in [5, 5.41) is 2.01. The monoisotopic (exact) mass is 346 g/mol. The Morgan fingerprint density at radius 1 is 1.33 bits per heavy atom. The fourth-order valence-corrected chi connectivity index (χ4v) is 3.34. The number of thiophene rings is 1. The number of halogens is 1. The molecule has 98 valence electrons. The first-order chi connectivity index (χ1) is 8.49. The van der Waals surface area contributed by atoms with E-state index in [9.17, 15) is 0 Å². The number of hydrogen-bond donors (Lipinski definition) is 0. The Bertz CT molecular complexity index is 606. The number of fused-ring (bicyclic) bond motifs is 1. The molecule has 0 saturated carbocycles. The predicted octanol–water partition coefficient (Wildman–Crippen LogP) is 3.98. The zero-order valence-corrected chi connectivity index (χ0v) is 13.8. The lowest BCUT2D eigenvalue weighted by Gasteiger charge is -2.20. The summed E-state index contributed by atoms with van der Waals surface area (Å²) in [4.78, 5) is 4.23. The van der Waals surface area contributed by atoms with E-state index in [0.29, 0.717) is 0 Å². The van der Waals surface area contributed by atoms with Gasteiger partial charge in [-0.1, -0.05) is 12.2 Å². The third-order valence-electron chi connectivity index (χ3n) is 2.65. The minimum absolute atomic E-state index is 0.813. The molecule has 18 heavy (non-hydrogen) atoms. The van der Waals surface area contributed by atoms with Gasteiger partial charge >= 0.3 is 0 Å². The first kappa shape index (κ1) is 14.0. The van der Waals surface area contributed by atoms with E-state index in [1.165, 1.54) is 0 Å². The standard InChI is InChI=1S/C12H15BrN2OS2/c1-14(2)4-5-15(3)10-6-9(17)12-11(16-10)8(13)7-18-12/h6-7H,4-5H2,1-3H3. The zero-order valence-electron chi connectivity index (χ0n) is 10.6. The Labute approximate surface area is 124 Å². The van der Waals surface area contributed by atoms with Crippen molar-refractivity contribution < 1.29 is 4.42 Å². The maximum absolute atomic E-state index is 5.91. The molecule has 2 rings (SSSR count). The highest BCUT2D eigenvalue weighted by molar-refractivity contribution is 9.10. The van der Waals surface area contributed by atoms with E-state index in [-0.39, 0.29) is 0 Å². The van der Waals surface area contributed by atoms with Crippen LogP contribution in [0.1, 0.15) is 0 Å². The molecule has 0 amide bonds. The fourth-order valence-electron chi connectivity index (χ4n) is 1.55. The molecule has 0 aromatic carbocycles. The summed E-state index contributed by atoms with van der Waals surface area (Å²) in [7, 11) is 6.13. The van der Waals surface area contributed by atoms with Crippen LogP contribution in [0.5, 0.6) is 0 Å². The van der Waals surface area contributed by atoms with Crippen LogP contribution in [0.25, 0.3) is 10.3 Å². The van der Waals surface area contributed by atoms with E-state index in [1.54, 1.807) is 11.3 Å². The topological polar surface area (TPSA) is 19.6 Å². The summed E-state index contributed by atoms with van der Waals surface area (Å²) in [5.74, 6) is 0.813. The average Bonchev–Trinajstić information content (AvgIpc) is 2.68. The Morgan fingerprint density at radius 2 is 2.06 bits per heavy atom. The molecule has 0 aliphatic rings. The van der Waals surface area contributed by atoms with Crippen LogP contribution < -0.4 is 4.90 Å². The van der Waals surface area contributed by atoms with Crippen molar-refractivity contribution in [3.05, 3.63) is 20.4 Å². The van der Waals surface area contributed by atoms with Crippen LogP contribution in [0.4, 0.5) is 5.88 Å². The van der Waals surface area contributed by atoms with Gasteiger partial charge in [0.15, 0.2) is 11.5 Å². The maximum atomic E-state index is 5.91. The molecule has 0 radical (unpaired) electrons. The molecule has 0 bridgehead atoms. The van der Waals surface area contributed by atoms with Gasteiger partial charge in [-0.15, -0.1) is 11.3 Å². The van der Waals surface area contributed by atoms with Crippen molar-refractivity contribution in [3.63, 3.8) is 0 Å². The van der Waals surface area contributed by atoms with Crippen LogP contribution in [0.3, 0.4) is 0 Å². The molecule has 0 unspecified atom stereocenters. The molecule has 3 nitrogen and oxygen atoms in total. The molecule has 0 aliphatic carbocycles. The Hall–Kier alpha value is -0.430. The second kappa shape index (κ2) is 5.69. The van der Waals surface area contributed by atoms with Gasteiger partial charge in [-0.2, -0.15) is 0 Å². The van der Waals surface area contributed by atoms with Crippen molar-refractivity contribution in [2.45, 2.75) is 0 Å². The molecule has 2 heterocycles. The molecule has 0 aliphatic heterocycles. The second-order valence-corrected chi connectivity index (χ2v) is 6.59. The number of rotatable bonds is 4. The summed E-state index contributed by atoms with van der Waals surface area (Å²) in [5.41, 5.74) is 0.846. The van der Waals surface area contributed by atoms with Crippen molar-refractivity contribution in [1.29, 1.82) is 0 Å². The van der Waals surface area contributed by atoms with Crippen LogP contribution in [0.15, 0.2) is 20.3 Å². The quantitative estimate of drug-likeness (QED) is 0.779. The number of likely N-dealkylation sites (N-methyl/N-ethyl adjacent to an activating group) is 2. The Balaban J connectivity index is 2.33. The highest BCUT2D eigenvalue weighted by atomic mass is 79.9. The van der Waals surface area contributed by atoms with Gasteiger partial charge < -0.3 is 14.2 Å². The van der Waals surface area contributed by atoms with Crippen LogP contribution in [-0.2, 0) is 0 Å². The van der Waals surface area contributed by atoms with E-state index >= 15 is 0 Å². The van der Waals surface area contributed by atoms with Gasteiger partial charge in [0.2, 0.25) is 0 Å². The lowest BCUT2D eigenvalue weighted by atomic mass is 10.4. The van der Waals surface area contributed by atoms with Gasteiger partial charge in [0, 0.05) is 31.6 Å². The SMILES string of the molecule is CN(C)CCN(C)c1cc(=S)c2scc(Br)c2o1. The minimum atomic E-state index is 0.813. The fraction of sp³-hybridized carbons (Fsp3) is 0.417. The molecule has 2 aromatic heterocycles. The number of hydrogen-bond acceptors (Lipinski definition) is 5. The number of anilines is 1. The molecular formula is C12H15BrN2OS2. The molecule has 0 saturated heterocycles. The van der Waals surface area contributed by atoms with E-state index in [2.05, 4.69) is 39.8 Å². The summed E-state index contributed by atoms with van der Waals surface area (Å²) >= 11 is 10.5. The maximum Gasteiger partial charge on any atom is 0.197 e. The van der Waals surface area contributed by atoms with E-state index < -0.39 is 0 Å². The van der Waals surface area contributed by atoms with Gasteiger partial charge in [0.1, 0.15) is 0 Å².